The number of likely N-dealkylation sites (N-methyl/N-ethyl adjacent to an activating group) is 1. The maximum absolute atomic E-state index is 15.9. The third kappa shape index (κ3) is 8.75. The van der Waals surface area contributed by atoms with E-state index in [2.05, 4.69) is 15.6 Å². The van der Waals surface area contributed by atoms with Crippen LogP contribution in [-0.4, -0.2) is 61.0 Å². The van der Waals surface area contributed by atoms with Gasteiger partial charge < -0.3 is 29.7 Å². The number of amides is 1. The molecule has 0 unspecified atom stereocenters. The number of sulfonamides is 1. The fourth-order valence-electron chi connectivity index (χ4n) is 4.60. The molecule has 2 N–H and O–H groups in total. The molecule has 1 heterocycles. The van der Waals surface area contributed by atoms with Crippen LogP contribution in [0.25, 0.3) is 0 Å². The summed E-state index contributed by atoms with van der Waals surface area (Å²) in [5.41, 5.74) is 0.414. The molecule has 17 heteroatoms. The number of hydrogen-bond acceptors (Lipinski definition) is 9. The quantitative estimate of drug-likeness (QED) is 0.134. The number of pyridine rings is 1. The molecule has 0 saturated carbocycles. The van der Waals surface area contributed by atoms with E-state index in [0.29, 0.717) is 11.3 Å². The van der Waals surface area contributed by atoms with Gasteiger partial charge in [0, 0.05) is 37.4 Å². The number of hydrogen-bond donors (Lipinski definition) is 2. The average molecular weight is 726 g/mol. The highest BCUT2D eigenvalue weighted by molar-refractivity contribution is 7.92. The van der Waals surface area contributed by atoms with E-state index in [-0.39, 0.29) is 52.4 Å². The van der Waals surface area contributed by atoms with E-state index in [9.17, 15) is 26.4 Å². The number of halogens is 5. The smallest absolute Gasteiger partial charge is 0.406 e. The van der Waals surface area contributed by atoms with Crippen molar-refractivity contribution in [3.63, 3.8) is 0 Å². The van der Waals surface area contributed by atoms with Crippen molar-refractivity contribution >= 4 is 50.6 Å². The summed E-state index contributed by atoms with van der Waals surface area (Å²) in [5.74, 6) is -1.45. The van der Waals surface area contributed by atoms with Crippen LogP contribution in [0.4, 0.5) is 45.2 Å². The number of rotatable bonds is 14. The third-order valence-electron chi connectivity index (χ3n) is 7.18. The van der Waals surface area contributed by atoms with Crippen LogP contribution in [0, 0.1) is 11.6 Å². The minimum Gasteiger partial charge on any atom is -0.497 e. The Labute approximate surface area is 285 Å². The van der Waals surface area contributed by atoms with Gasteiger partial charge in [-0.2, -0.15) is 0 Å². The first-order chi connectivity index (χ1) is 23.3. The molecule has 0 aliphatic rings. The van der Waals surface area contributed by atoms with Crippen molar-refractivity contribution in [2.24, 2.45) is 0 Å². The number of nitrogens with one attached hydrogen (secondary N) is 2. The Morgan fingerprint density at radius 2 is 1.76 bits per heavy atom. The van der Waals surface area contributed by atoms with E-state index in [1.54, 1.807) is 19.2 Å². The molecule has 4 rings (SSSR count). The molecule has 4 aromatic rings. The normalized spacial score (nSPS) is 11.2. The van der Waals surface area contributed by atoms with E-state index >= 15 is 4.39 Å². The molecule has 0 bridgehead atoms. The first kappa shape index (κ1) is 36.9. The lowest BCUT2D eigenvalue weighted by atomic mass is 10.1. The summed E-state index contributed by atoms with van der Waals surface area (Å²) >= 11 is 6.51. The molecule has 0 spiro atoms. The molecule has 0 fully saturated rings. The van der Waals surface area contributed by atoms with Crippen LogP contribution in [-0.2, 0) is 21.3 Å². The second-order valence-corrected chi connectivity index (χ2v) is 12.5. The minimum atomic E-state index is -4.77. The van der Waals surface area contributed by atoms with E-state index in [1.807, 2.05) is 0 Å². The second kappa shape index (κ2) is 16.0. The lowest BCUT2D eigenvalue weighted by Gasteiger charge is -2.26. The number of carbonyl (C=O) groups is 1. The van der Waals surface area contributed by atoms with Gasteiger partial charge in [0.1, 0.15) is 40.5 Å². The van der Waals surface area contributed by atoms with Crippen molar-refractivity contribution in [1.82, 2.24) is 10.3 Å². The number of alkyl carbamates (subject to hydrolysis) is 1. The van der Waals surface area contributed by atoms with Gasteiger partial charge >= 0.3 is 6.09 Å². The van der Waals surface area contributed by atoms with Crippen molar-refractivity contribution in [3.8, 4) is 11.5 Å². The van der Waals surface area contributed by atoms with Crippen molar-refractivity contribution in [1.29, 1.82) is 0 Å². The van der Waals surface area contributed by atoms with Crippen molar-refractivity contribution in [2.75, 3.05) is 56.0 Å². The van der Waals surface area contributed by atoms with Crippen LogP contribution < -0.4 is 29.3 Å². The van der Waals surface area contributed by atoms with E-state index in [0.717, 1.165) is 40.8 Å². The van der Waals surface area contributed by atoms with Crippen LogP contribution in [0.5, 0.6) is 11.5 Å². The maximum Gasteiger partial charge on any atom is 0.406 e. The molecule has 0 aliphatic carbocycles. The topological polar surface area (TPSA) is 122 Å². The molecule has 49 heavy (non-hydrogen) atoms. The average Bonchev–Trinajstić information content (AvgIpc) is 3.08. The second-order valence-electron chi connectivity index (χ2n) is 10.3. The van der Waals surface area contributed by atoms with E-state index < -0.39 is 45.6 Å². The Hall–Kier alpha value is -4.96. The van der Waals surface area contributed by atoms with Gasteiger partial charge in [-0.3, -0.25) is 0 Å². The Balaban J connectivity index is 1.72. The number of ether oxygens (including phenoxy) is 3. The first-order valence-electron chi connectivity index (χ1n) is 14.4. The SMILES string of the molecule is CNC(=O)OCCN(C)c1cc(C(F)F)ccc1Nc1cc(F)c(S(=O)(=O)N(Cc2ccc(OC)cc2OC)c2ccc(F)cn2)cc1Cl. The van der Waals surface area contributed by atoms with Gasteiger partial charge in [-0.05, 0) is 42.5 Å². The highest BCUT2D eigenvalue weighted by atomic mass is 35.5. The number of carbonyl (C=O) groups excluding carboxylic acids is 1. The summed E-state index contributed by atoms with van der Waals surface area (Å²) in [5, 5.41) is 4.95. The van der Waals surface area contributed by atoms with Crippen molar-refractivity contribution in [2.45, 2.75) is 17.9 Å². The number of anilines is 4. The molecule has 3 aromatic carbocycles. The molecule has 0 aliphatic heterocycles. The summed E-state index contributed by atoms with van der Waals surface area (Å²) in [6, 6.07) is 12.2. The van der Waals surface area contributed by atoms with Crippen molar-refractivity contribution in [3.05, 3.63) is 94.6 Å². The van der Waals surface area contributed by atoms with Crippen LogP contribution in [0.2, 0.25) is 5.02 Å². The zero-order valence-corrected chi connectivity index (χ0v) is 28.2. The fourth-order valence-corrected chi connectivity index (χ4v) is 6.35. The summed E-state index contributed by atoms with van der Waals surface area (Å²) in [4.78, 5) is 16.1. The Morgan fingerprint density at radius 3 is 2.39 bits per heavy atom. The first-order valence-corrected chi connectivity index (χ1v) is 16.2. The van der Waals surface area contributed by atoms with Crippen LogP contribution in [0.15, 0.2) is 71.8 Å². The number of nitrogens with zero attached hydrogens (tertiary/aromatic N) is 3. The van der Waals surface area contributed by atoms with Gasteiger partial charge in [0.05, 0.1) is 55.6 Å². The maximum atomic E-state index is 15.9. The molecule has 1 amide bonds. The predicted octanol–water partition coefficient (Wildman–Crippen LogP) is 6.90. The monoisotopic (exact) mass is 725 g/mol. The molecule has 0 saturated heterocycles. The highest BCUT2D eigenvalue weighted by Crippen LogP contribution is 2.38. The van der Waals surface area contributed by atoms with E-state index in [1.165, 1.54) is 44.4 Å². The molecule has 0 atom stereocenters. The van der Waals surface area contributed by atoms with Gasteiger partial charge in [0.25, 0.3) is 16.4 Å². The lowest BCUT2D eigenvalue weighted by Crippen LogP contribution is -2.32. The summed E-state index contributed by atoms with van der Waals surface area (Å²) in [7, 11) is 1.00. The zero-order valence-electron chi connectivity index (χ0n) is 26.6. The lowest BCUT2D eigenvalue weighted by molar-refractivity contribution is 0.151. The summed E-state index contributed by atoms with van der Waals surface area (Å²) < 4.78 is 101. The van der Waals surface area contributed by atoms with Crippen LogP contribution >= 0.6 is 11.6 Å². The number of alkyl halides is 2. The summed E-state index contributed by atoms with van der Waals surface area (Å²) in [6.07, 6.45) is -2.66. The molecule has 262 valence electrons. The van der Waals surface area contributed by atoms with Gasteiger partial charge in [-0.25, -0.2) is 40.1 Å². The molecular formula is C32H32ClF4N5O6S. The number of methoxy groups -OCH3 is 2. The predicted molar refractivity (Wildman–Crippen MR) is 177 cm³/mol. The molecule has 0 radical (unpaired) electrons. The van der Waals surface area contributed by atoms with Crippen LogP contribution in [0.1, 0.15) is 17.6 Å². The number of benzene rings is 3. The summed E-state index contributed by atoms with van der Waals surface area (Å²) in [6.45, 7) is -0.389. The van der Waals surface area contributed by atoms with E-state index in [4.69, 9.17) is 25.8 Å². The van der Waals surface area contributed by atoms with Gasteiger partial charge in [0.15, 0.2) is 0 Å². The van der Waals surface area contributed by atoms with Gasteiger partial charge in [-0.15, -0.1) is 0 Å². The highest BCUT2D eigenvalue weighted by Gasteiger charge is 2.31. The molecule has 11 nitrogen and oxygen atoms in total. The zero-order chi connectivity index (χ0) is 35.9. The minimum absolute atomic E-state index is 0.0811. The van der Waals surface area contributed by atoms with Crippen LogP contribution in [0.3, 0.4) is 0 Å². The largest absolute Gasteiger partial charge is 0.497 e. The van der Waals surface area contributed by atoms with Gasteiger partial charge in [-0.1, -0.05) is 17.7 Å². The standard InChI is InChI=1S/C32H32ClF4N5O6S/c1-38-32(43)48-12-11-41(2)27-13-19(31(36)37)6-9-25(27)40-26-16-24(35)29(15-23(26)33)49(44,45)42(30-10-7-21(34)17-39-30)18-20-5-8-22(46-3)14-28(20)47-4/h5-10,13-17,31,40H,11-12,18H2,1-4H3,(H,38,43). The Morgan fingerprint density at radius 1 is 1.00 bits per heavy atom. The number of aromatic nitrogens is 1. The Bertz CT molecular complexity index is 1900. The molecule has 1 aromatic heterocycles. The molecular weight excluding hydrogens is 694 g/mol. The third-order valence-corrected chi connectivity index (χ3v) is 9.26. The Kier molecular flexibility index (Phi) is 12.0. The van der Waals surface area contributed by atoms with Crippen molar-refractivity contribution < 1.29 is 45.0 Å². The van der Waals surface area contributed by atoms with Gasteiger partial charge in [0.2, 0.25) is 0 Å². The fraction of sp³-hybridized carbons (Fsp3) is 0.250.